The summed E-state index contributed by atoms with van der Waals surface area (Å²) in [6.45, 7) is 1.85. The summed E-state index contributed by atoms with van der Waals surface area (Å²) in [5, 5.41) is 1.48. The monoisotopic (exact) mass is 311 g/mol. The van der Waals surface area contributed by atoms with Gasteiger partial charge in [-0.3, -0.25) is 9.69 Å². The average Bonchev–Trinajstić information content (AvgIpc) is 3.02. The van der Waals surface area contributed by atoms with Crippen molar-refractivity contribution in [3.05, 3.63) is 33.8 Å². The second kappa shape index (κ2) is 6.05. The fourth-order valence-corrected chi connectivity index (χ4v) is 4.01. The molecule has 4 heteroatoms. The maximum atomic E-state index is 12.0. The van der Waals surface area contributed by atoms with Crippen molar-refractivity contribution in [1.29, 1.82) is 0 Å². The minimum absolute atomic E-state index is 0.246. The van der Waals surface area contributed by atoms with Crippen LogP contribution in [0.5, 0.6) is 0 Å². The summed E-state index contributed by atoms with van der Waals surface area (Å²) in [6, 6.07) is 6.01. The van der Waals surface area contributed by atoms with Crippen LogP contribution in [-0.2, 0) is 11.3 Å². The highest BCUT2D eigenvalue weighted by atomic mass is 35.5. The SMILES string of the molecule is O=C1CCCC1C1CCCN1Cc1cc(Cl)ccc1Cl. The van der Waals surface area contributed by atoms with E-state index >= 15 is 0 Å². The molecule has 1 heterocycles. The second-order valence-corrected chi connectivity index (χ2v) is 6.72. The van der Waals surface area contributed by atoms with Crippen LogP contribution in [0.2, 0.25) is 10.0 Å². The first kappa shape index (κ1) is 14.4. The van der Waals surface area contributed by atoms with Crippen molar-refractivity contribution in [3.8, 4) is 0 Å². The summed E-state index contributed by atoms with van der Waals surface area (Å²) in [5.41, 5.74) is 1.07. The van der Waals surface area contributed by atoms with Gasteiger partial charge in [-0.25, -0.2) is 0 Å². The lowest BCUT2D eigenvalue weighted by Gasteiger charge is -2.28. The van der Waals surface area contributed by atoms with Crippen LogP contribution in [0.25, 0.3) is 0 Å². The molecule has 1 aromatic rings. The molecule has 2 fully saturated rings. The van der Waals surface area contributed by atoms with Gasteiger partial charge in [0.05, 0.1) is 0 Å². The number of nitrogens with zero attached hydrogens (tertiary/aromatic N) is 1. The number of halogens is 2. The summed E-state index contributed by atoms with van der Waals surface area (Å²) in [6.07, 6.45) is 5.20. The third kappa shape index (κ3) is 2.88. The maximum absolute atomic E-state index is 12.0. The summed E-state index contributed by atoms with van der Waals surface area (Å²) >= 11 is 12.3. The van der Waals surface area contributed by atoms with E-state index in [4.69, 9.17) is 23.2 Å². The lowest BCUT2D eigenvalue weighted by Crippen LogP contribution is -2.37. The van der Waals surface area contributed by atoms with Gasteiger partial charge in [-0.15, -0.1) is 0 Å². The largest absolute Gasteiger partial charge is 0.299 e. The number of rotatable bonds is 3. The van der Waals surface area contributed by atoms with E-state index in [1.807, 2.05) is 18.2 Å². The fraction of sp³-hybridized carbons (Fsp3) is 0.562. The molecule has 1 saturated heterocycles. The molecule has 0 spiro atoms. The van der Waals surface area contributed by atoms with Crippen LogP contribution in [0.15, 0.2) is 18.2 Å². The van der Waals surface area contributed by atoms with Crippen LogP contribution in [0, 0.1) is 5.92 Å². The highest BCUT2D eigenvalue weighted by molar-refractivity contribution is 6.33. The molecule has 2 aliphatic rings. The van der Waals surface area contributed by atoms with E-state index in [2.05, 4.69) is 4.90 Å². The van der Waals surface area contributed by atoms with Gasteiger partial charge in [0.2, 0.25) is 0 Å². The van der Waals surface area contributed by atoms with Crippen molar-refractivity contribution in [1.82, 2.24) is 4.90 Å². The molecule has 0 N–H and O–H groups in total. The van der Waals surface area contributed by atoms with Crippen molar-refractivity contribution in [2.24, 2.45) is 5.92 Å². The zero-order valence-corrected chi connectivity index (χ0v) is 13.0. The molecular weight excluding hydrogens is 293 g/mol. The number of ketones is 1. The normalized spacial score (nSPS) is 27.4. The molecule has 0 amide bonds. The van der Waals surface area contributed by atoms with Crippen molar-refractivity contribution >= 4 is 29.0 Å². The van der Waals surface area contributed by atoms with Gasteiger partial charge < -0.3 is 0 Å². The molecule has 2 atom stereocenters. The molecule has 0 aromatic heterocycles. The number of benzene rings is 1. The van der Waals surface area contributed by atoms with Crippen molar-refractivity contribution in [2.45, 2.75) is 44.7 Å². The number of Topliss-reactive ketones (excluding diaryl/α,β-unsaturated/α-hetero) is 1. The fourth-order valence-electron chi connectivity index (χ4n) is 3.64. The van der Waals surface area contributed by atoms with Crippen LogP contribution < -0.4 is 0 Å². The van der Waals surface area contributed by atoms with E-state index in [0.29, 0.717) is 11.8 Å². The quantitative estimate of drug-likeness (QED) is 0.828. The molecule has 0 bridgehead atoms. The highest BCUT2D eigenvalue weighted by Crippen LogP contribution is 2.35. The Kier molecular flexibility index (Phi) is 4.34. The molecule has 2 nitrogen and oxygen atoms in total. The highest BCUT2D eigenvalue weighted by Gasteiger charge is 2.37. The maximum Gasteiger partial charge on any atom is 0.137 e. The van der Waals surface area contributed by atoms with Gasteiger partial charge in [0, 0.05) is 35.0 Å². The predicted octanol–water partition coefficient (Wildman–Crippen LogP) is 4.33. The Morgan fingerprint density at radius 3 is 2.80 bits per heavy atom. The second-order valence-electron chi connectivity index (χ2n) is 5.88. The third-order valence-corrected chi connectivity index (χ3v) is 5.22. The number of hydrogen-bond acceptors (Lipinski definition) is 2. The van der Waals surface area contributed by atoms with Gasteiger partial charge in [0.25, 0.3) is 0 Å². The van der Waals surface area contributed by atoms with Crippen molar-refractivity contribution < 1.29 is 4.79 Å². The Balaban J connectivity index is 1.75. The molecule has 1 aromatic carbocycles. The predicted molar refractivity (Wildman–Crippen MR) is 82.2 cm³/mol. The molecule has 20 heavy (non-hydrogen) atoms. The van der Waals surface area contributed by atoms with Crippen LogP contribution in [-0.4, -0.2) is 23.3 Å². The molecule has 3 rings (SSSR count). The zero-order valence-electron chi connectivity index (χ0n) is 11.4. The molecule has 1 saturated carbocycles. The first-order valence-corrected chi connectivity index (χ1v) is 8.11. The minimum atomic E-state index is 0.246. The third-order valence-electron chi connectivity index (χ3n) is 4.61. The number of carbonyl (C=O) groups excluding carboxylic acids is 1. The van der Waals surface area contributed by atoms with Crippen LogP contribution >= 0.6 is 23.2 Å². The van der Waals surface area contributed by atoms with E-state index < -0.39 is 0 Å². The van der Waals surface area contributed by atoms with Gasteiger partial charge in [0.15, 0.2) is 0 Å². The molecule has 1 aliphatic heterocycles. The smallest absolute Gasteiger partial charge is 0.137 e. The minimum Gasteiger partial charge on any atom is -0.299 e. The standard InChI is InChI=1S/C16H19Cl2NO/c17-12-6-7-14(18)11(9-12)10-19-8-2-4-15(19)13-3-1-5-16(13)20/h6-7,9,13,15H,1-5,8,10H2. The molecule has 108 valence electrons. The Labute approximate surface area is 130 Å². The van der Waals surface area contributed by atoms with E-state index in [1.54, 1.807) is 0 Å². The average molecular weight is 312 g/mol. The van der Waals surface area contributed by atoms with E-state index in [0.717, 1.165) is 54.4 Å². The molecule has 0 radical (unpaired) electrons. The summed E-state index contributed by atoms with van der Waals surface area (Å²) in [4.78, 5) is 14.4. The van der Waals surface area contributed by atoms with E-state index in [1.165, 1.54) is 6.42 Å². The van der Waals surface area contributed by atoms with Gasteiger partial charge in [-0.05, 0) is 56.0 Å². The lowest BCUT2D eigenvalue weighted by atomic mass is 9.95. The van der Waals surface area contributed by atoms with Crippen LogP contribution in [0.4, 0.5) is 0 Å². The zero-order chi connectivity index (χ0) is 14.1. The summed E-state index contributed by atoms with van der Waals surface area (Å²) in [5.74, 6) is 0.703. The van der Waals surface area contributed by atoms with Gasteiger partial charge in [-0.2, -0.15) is 0 Å². The first-order valence-electron chi connectivity index (χ1n) is 7.36. The van der Waals surface area contributed by atoms with Crippen LogP contribution in [0.1, 0.15) is 37.7 Å². The van der Waals surface area contributed by atoms with Crippen LogP contribution in [0.3, 0.4) is 0 Å². The summed E-state index contributed by atoms with van der Waals surface area (Å²) < 4.78 is 0. The Morgan fingerprint density at radius 1 is 1.20 bits per heavy atom. The first-order chi connectivity index (χ1) is 9.65. The lowest BCUT2D eigenvalue weighted by molar-refractivity contribution is -0.122. The number of hydrogen-bond donors (Lipinski definition) is 0. The summed E-state index contributed by atoms with van der Waals surface area (Å²) in [7, 11) is 0. The van der Waals surface area contributed by atoms with Gasteiger partial charge in [-0.1, -0.05) is 23.2 Å². The number of carbonyl (C=O) groups is 1. The molecular formula is C16H19Cl2NO. The van der Waals surface area contributed by atoms with Crippen molar-refractivity contribution in [2.75, 3.05) is 6.54 Å². The Morgan fingerprint density at radius 2 is 2.05 bits per heavy atom. The Bertz CT molecular complexity index is 517. The van der Waals surface area contributed by atoms with Gasteiger partial charge >= 0.3 is 0 Å². The Hall–Kier alpha value is -0.570. The molecule has 1 aliphatic carbocycles. The van der Waals surface area contributed by atoms with E-state index in [9.17, 15) is 4.79 Å². The topological polar surface area (TPSA) is 20.3 Å². The molecule has 2 unspecified atom stereocenters. The number of likely N-dealkylation sites (tertiary alicyclic amines) is 1. The van der Waals surface area contributed by atoms with E-state index in [-0.39, 0.29) is 5.92 Å². The van der Waals surface area contributed by atoms with Gasteiger partial charge in [0.1, 0.15) is 5.78 Å². The van der Waals surface area contributed by atoms with Crippen molar-refractivity contribution in [3.63, 3.8) is 0 Å².